The number of hydrogen-bond donors (Lipinski definition) is 1. The van der Waals surface area contributed by atoms with Gasteiger partial charge in [-0.1, -0.05) is 6.92 Å². The van der Waals surface area contributed by atoms with Gasteiger partial charge in [0, 0.05) is 32.7 Å². The molecule has 0 aliphatic carbocycles. The van der Waals surface area contributed by atoms with Gasteiger partial charge >= 0.3 is 5.69 Å². The second-order valence-electron chi connectivity index (χ2n) is 5.02. The van der Waals surface area contributed by atoms with Crippen LogP contribution in [-0.4, -0.2) is 59.1 Å². The lowest BCUT2D eigenvalue weighted by Gasteiger charge is -2.34. The fraction of sp³-hybridized carbons (Fsp3) is 0.692. The third-order valence-corrected chi connectivity index (χ3v) is 3.49. The van der Waals surface area contributed by atoms with Gasteiger partial charge in [-0.05, 0) is 19.9 Å². The highest BCUT2D eigenvalue weighted by atomic mass is 16.6. The minimum absolute atomic E-state index is 0.0272. The largest absolute Gasteiger partial charge is 0.354 e. The molecule has 0 amide bonds. The molecule has 0 saturated carbocycles. The Morgan fingerprint density at radius 3 is 2.62 bits per heavy atom. The molecule has 0 aromatic carbocycles. The van der Waals surface area contributed by atoms with Crippen molar-refractivity contribution in [1.29, 1.82) is 0 Å². The van der Waals surface area contributed by atoms with Crippen molar-refractivity contribution in [2.45, 2.75) is 20.3 Å². The van der Waals surface area contributed by atoms with Crippen LogP contribution in [0.5, 0.6) is 0 Å². The Labute approximate surface area is 124 Å². The molecule has 1 aliphatic rings. The first-order chi connectivity index (χ1) is 10.2. The molecule has 116 valence electrons. The first-order valence-corrected chi connectivity index (χ1v) is 7.38. The van der Waals surface area contributed by atoms with E-state index in [0.29, 0.717) is 18.3 Å². The van der Waals surface area contributed by atoms with Crippen LogP contribution in [0.3, 0.4) is 0 Å². The fourth-order valence-electron chi connectivity index (χ4n) is 2.47. The summed E-state index contributed by atoms with van der Waals surface area (Å²) in [5.74, 6) is 0.858. The molecule has 1 aromatic heterocycles. The minimum atomic E-state index is -0.413. The van der Waals surface area contributed by atoms with Gasteiger partial charge in [-0.15, -0.1) is 0 Å². The first kappa shape index (κ1) is 15.4. The summed E-state index contributed by atoms with van der Waals surface area (Å²) in [5.41, 5.74) is -0.0272. The summed E-state index contributed by atoms with van der Waals surface area (Å²) in [6.07, 6.45) is 2.41. The lowest BCUT2D eigenvalue weighted by atomic mass is 10.3. The van der Waals surface area contributed by atoms with Gasteiger partial charge in [0.05, 0.1) is 4.92 Å². The molecule has 1 aromatic rings. The molecule has 8 heteroatoms. The second kappa shape index (κ2) is 7.16. The van der Waals surface area contributed by atoms with Crippen LogP contribution in [0.4, 0.5) is 17.5 Å². The Bertz CT molecular complexity index is 488. The zero-order valence-electron chi connectivity index (χ0n) is 12.6. The van der Waals surface area contributed by atoms with Crippen LogP contribution < -0.4 is 10.2 Å². The Morgan fingerprint density at radius 1 is 1.33 bits per heavy atom. The van der Waals surface area contributed by atoms with Gasteiger partial charge in [-0.25, -0.2) is 4.98 Å². The van der Waals surface area contributed by atoms with Crippen molar-refractivity contribution in [3.05, 3.63) is 16.3 Å². The smallest absolute Gasteiger partial charge is 0.329 e. The van der Waals surface area contributed by atoms with E-state index in [4.69, 9.17) is 0 Å². The number of anilines is 2. The summed E-state index contributed by atoms with van der Waals surface area (Å²) >= 11 is 0. The lowest BCUT2D eigenvalue weighted by molar-refractivity contribution is -0.384. The Hall–Kier alpha value is -1.96. The van der Waals surface area contributed by atoms with Crippen LogP contribution in [0.2, 0.25) is 0 Å². The van der Waals surface area contributed by atoms with Gasteiger partial charge in [0.15, 0.2) is 0 Å². The minimum Gasteiger partial charge on any atom is -0.354 e. The maximum atomic E-state index is 11.2. The van der Waals surface area contributed by atoms with Crippen molar-refractivity contribution in [1.82, 2.24) is 14.9 Å². The zero-order chi connectivity index (χ0) is 15.2. The first-order valence-electron chi connectivity index (χ1n) is 7.38. The molecule has 0 spiro atoms. The highest BCUT2D eigenvalue weighted by Gasteiger charge is 2.25. The van der Waals surface area contributed by atoms with Gasteiger partial charge in [-0.2, -0.15) is 4.98 Å². The van der Waals surface area contributed by atoms with Crippen molar-refractivity contribution in [3.63, 3.8) is 0 Å². The molecular weight excluding hydrogens is 272 g/mol. The third kappa shape index (κ3) is 3.78. The number of nitrogens with zero attached hydrogens (tertiary/aromatic N) is 5. The zero-order valence-corrected chi connectivity index (χ0v) is 12.6. The van der Waals surface area contributed by atoms with Crippen LogP contribution >= 0.6 is 0 Å². The number of piperazine rings is 1. The van der Waals surface area contributed by atoms with Crippen molar-refractivity contribution in [3.8, 4) is 0 Å². The SMILES string of the molecule is CCCN1CCN(c2nc(NCC)ncc2[N+](=O)[O-])CC1. The summed E-state index contributed by atoms with van der Waals surface area (Å²) in [5, 5.41) is 14.2. The monoisotopic (exact) mass is 294 g/mol. The van der Waals surface area contributed by atoms with E-state index in [2.05, 4.69) is 27.1 Å². The van der Waals surface area contributed by atoms with E-state index in [0.717, 1.165) is 39.1 Å². The number of aromatic nitrogens is 2. The van der Waals surface area contributed by atoms with Gasteiger partial charge in [0.2, 0.25) is 11.8 Å². The molecule has 1 N–H and O–H groups in total. The molecule has 2 heterocycles. The summed E-state index contributed by atoms with van der Waals surface area (Å²) < 4.78 is 0. The molecule has 1 saturated heterocycles. The van der Waals surface area contributed by atoms with Crippen LogP contribution in [0.15, 0.2) is 6.20 Å². The number of nitro groups is 1. The highest BCUT2D eigenvalue weighted by Crippen LogP contribution is 2.26. The van der Waals surface area contributed by atoms with Crippen LogP contribution in [-0.2, 0) is 0 Å². The molecular formula is C13H22N6O2. The molecule has 1 aliphatic heterocycles. The van der Waals surface area contributed by atoms with E-state index in [9.17, 15) is 10.1 Å². The molecule has 0 atom stereocenters. The number of nitrogens with one attached hydrogen (secondary N) is 1. The van der Waals surface area contributed by atoms with Gasteiger partial charge < -0.3 is 10.2 Å². The predicted molar refractivity (Wildman–Crippen MR) is 81.8 cm³/mol. The van der Waals surface area contributed by atoms with Crippen molar-refractivity contribution >= 4 is 17.5 Å². The molecule has 1 fully saturated rings. The molecule has 2 rings (SSSR count). The molecule has 0 unspecified atom stereocenters. The van der Waals surface area contributed by atoms with Gasteiger partial charge in [0.1, 0.15) is 6.20 Å². The standard InChI is InChI=1S/C13H22N6O2/c1-3-5-17-6-8-18(9-7-17)12-11(19(20)21)10-15-13(16-12)14-4-2/h10H,3-9H2,1-2H3,(H,14,15,16). The normalized spacial score (nSPS) is 16.0. The summed E-state index contributed by atoms with van der Waals surface area (Å²) in [6.45, 7) is 9.17. The van der Waals surface area contributed by atoms with Gasteiger partial charge in [0.25, 0.3) is 0 Å². The fourth-order valence-corrected chi connectivity index (χ4v) is 2.47. The second-order valence-corrected chi connectivity index (χ2v) is 5.02. The third-order valence-electron chi connectivity index (χ3n) is 3.49. The van der Waals surface area contributed by atoms with E-state index < -0.39 is 4.92 Å². The Balaban J connectivity index is 2.17. The van der Waals surface area contributed by atoms with Crippen LogP contribution in [0.1, 0.15) is 20.3 Å². The average Bonchev–Trinajstić information content (AvgIpc) is 2.48. The lowest BCUT2D eigenvalue weighted by Crippen LogP contribution is -2.47. The van der Waals surface area contributed by atoms with Crippen LogP contribution in [0.25, 0.3) is 0 Å². The quantitative estimate of drug-likeness (QED) is 0.626. The van der Waals surface area contributed by atoms with E-state index in [-0.39, 0.29) is 5.69 Å². The maximum Gasteiger partial charge on any atom is 0.329 e. The van der Waals surface area contributed by atoms with E-state index in [1.54, 1.807) is 0 Å². The van der Waals surface area contributed by atoms with Crippen molar-refractivity contribution in [2.75, 3.05) is 49.5 Å². The Kier molecular flexibility index (Phi) is 5.26. The average molecular weight is 294 g/mol. The topological polar surface area (TPSA) is 87.4 Å². The maximum absolute atomic E-state index is 11.2. The Morgan fingerprint density at radius 2 is 2.05 bits per heavy atom. The highest BCUT2D eigenvalue weighted by molar-refractivity contribution is 5.59. The summed E-state index contributed by atoms with van der Waals surface area (Å²) in [7, 11) is 0. The molecule has 0 radical (unpaired) electrons. The van der Waals surface area contributed by atoms with Crippen molar-refractivity contribution in [2.24, 2.45) is 0 Å². The van der Waals surface area contributed by atoms with E-state index >= 15 is 0 Å². The molecule has 8 nitrogen and oxygen atoms in total. The number of rotatable bonds is 6. The number of hydrogen-bond acceptors (Lipinski definition) is 7. The summed E-state index contributed by atoms with van der Waals surface area (Å²) in [4.78, 5) is 23.4. The predicted octanol–water partition coefficient (Wildman–Crippen LogP) is 1.35. The van der Waals surface area contributed by atoms with E-state index in [1.807, 2.05) is 11.8 Å². The van der Waals surface area contributed by atoms with E-state index in [1.165, 1.54) is 6.20 Å². The van der Waals surface area contributed by atoms with Gasteiger partial charge in [-0.3, -0.25) is 15.0 Å². The molecule has 21 heavy (non-hydrogen) atoms. The van der Waals surface area contributed by atoms with Crippen LogP contribution in [0, 0.1) is 10.1 Å². The molecule has 0 bridgehead atoms. The summed E-state index contributed by atoms with van der Waals surface area (Å²) in [6, 6.07) is 0. The van der Waals surface area contributed by atoms with Crippen molar-refractivity contribution < 1.29 is 4.92 Å².